The standard InChI is InChI=1S/C11H12N2O4/c1-4-15-11(14)9-7(3)16-10(12-9)8-5-6(2)17-13-8/h5H,4H2,1-3H3. The first kappa shape index (κ1) is 11.4. The molecule has 0 fully saturated rings. The van der Waals surface area contributed by atoms with Gasteiger partial charge in [0.1, 0.15) is 11.5 Å². The highest BCUT2D eigenvalue weighted by molar-refractivity contribution is 5.88. The minimum absolute atomic E-state index is 0.169. The molecule has 2 heterocycles. The molecule has 17 heavy (non-hydrogen) atoms. The Morgan fingerprint density at radius 2 is 2.24 bits per heavy atom. The van der Waals surface area contributed by atoms with Gasteiger partial charge in [-0.1, -0.05) is 5.16 Å². The Balaban J connectivity index is 2.33. The third kappa shape index (κ3) is 2.20. The molecule has 0 saturated carbocycles. The summed E-state index contributed by atoms with van der Waals surface area (Å²) in [5, 5.41) is 3.76. The Hall–Kier alpha value is -2.11. The second kappa shape index (κ2) is 4.40. The van der Waals surface area contributed by atoms with Crippen molar-refractivity contribution < 1.29 is 18.5 Å². The number of nitrogens with zero attached hydrogens (tertiary/aromatic N) is 2. The van der Waals surface area contributed by atoms with Crippen LogP contribution in [0.15, 0.2) is 15.0 Å². The van der Waals surface area contributed by atoms with E-state index in [0.717, 1.165) is 0 Å². The number of rotatable bonds is 3. The van der Waals surface area contributed by atoms with Crippen LogP contribution in [0.2, 0.25) is 0 Å². The number of ether oxygens (including phenoxy) is 1. The zero-order chi connectivity index (χ0) is 12.4. The predicted octanol–water partition coefficient (Wildman–Crippen LogP) is 2.12. The summed E-state index contributed by atoms with van der Waals surface area (Å²) in [4.78, 5) is 15.6. The summed E-state index contributed by atoms with van der Waals surface area (Å²) < 4.78 is 15.1. The molecule has 0 aromatic carbocycles. The van der Waals surface area contributed by atoms with Crippen LogP contribution in [-0.2, 0) is 4.74 Å². The van der Waals surface area contributed by atoms with E-state index in [2.05, 4.69) is 10.1 Å². The molecule has 0 amide bonds. The predicted molar refractivity (Wildman–Crippen MR) is 57.4 cm³/mol. The number of esters is 1. The van der Waals surface area contributed by atoms with Gasteiger partial charge in [0.05, 0.1) is 6.61 Å². The number of aryl methyl sites for hydroxylation is 2. The van der Waals surface area contributed by atoms with Gasteiger partial charge in [-0.05, 0) is 20.8 Å². The molecular weight excluding hydrogens is 224 g/mol. The summed E-state index contributed by atoms with van der Waals surface area (Å²) in [7, 11) is 0. The molecule has 90 valence electrons. The molecule has 0 N–H and O–H groups in total. The van der Waals surface area contributed by atoms with E-state index in [9.17, 15) is 4.79 Å². The molecule has 0 aliphatic carbocycles. The van der Waals surface area contributed by atoms with E-state index < -0.39 is 5.97 Å². The third-order valence-corrected chi connectivity index (χ3v) is 2.11. The van der Waals surface area contributed by atoms with Crippen molar-refractivity contribution in [1.29, 1.82) is 0 Å². The number of carbonyl (C=O) groups is 1. The van der Waals surface area contributed by atoms with Crippen molar-refractivity contribution in [2.45, 2.75) is 20.8 Å². The highest BCUT2D eigenvalue weighted by Crippen LogP contribution is 2.21. The molecule has 0 radical (unpaired) electrons. The fraction of sp³-hybridized carbons (Fsp3) is 0.364. The smallest absolute Gasteiger partial charge is 0.360 e. The molecule has 0 spiro atoms. The van der Waals surface area contributed by atoms with Gasteiger partial charge in [-0.2, -0.15) is 0 Å². The third-order valence-electron chi connectivity index (χ3n) is 2.11. The molecule has 0 bridgehead atoms. The Morgan fingerprint density at radius 3 is 2.82 bits per heavy atom. The van der Waals surface area contributed by atoms with Gasteiger partial charge < -0.3 is 13.7 Å². The second-order valence-electron chi connectivity index (χ2n) is 3.47. The Kier molecular flexibility index (Phi) is 2.95. The molecule has 0 aliphatic heterocycles. The lowest BCUT2D eigenvalue weighted by atomic mass is 10.3. The molecule has 6 heteroatoms. The lowest BCUT2D eigenvalue weighted by molar-refractivity contribution is 0.0518. The van der Waals surface area contributed by atoms with Crippen LogP contribution in [0.25, 0.3) is 11.6 Å². The minimum Gasteiger partial charge on any atom is -0.461 e. The molecule has 0 aliphatic rings. The molecular formula is C11H12N2O4. The Bertz CT molecular complexity index is 541. The van der Waals surface area contributed by atoms with Crippen molar-refractivity contribution in [3.63, 3.8) is 0 Å². The first-order valence-corrected chi connectivity index (χ1v) is 5.20. The first-order chi connectivity index (χ1) is 8.11. The highest BCUT2D eigenvalue weighted by atomic mass is 16.5. The van der Waals surface area contributed by atoms with Crippen LogP contribution in [0.5, 0.6) is 0 Å². The number of aromatic nitrogens is 2. The summed E-state index contributed by atoms with van der Waals surface area (Å²) >= 11 is 0. The molecule has 0 atom stereocenters. The van der Waals surface area contributed by atoms with E-state index in [1.165, 1.54) is 0 Å². The quantitative estimate of drug-likeness (QED) is 0.759. The summed E-state index contributed by atoms with van der Waals surface area (Å²) in [6, 6.07) is 1.68. The number of carbonyl (C=O) groups excluding carboxylic acids is 1. The van der Waals surface area contributed by atoms with E-state index in [1.54, 1.807) is 26.8 Å². The number of hydrogen-bond acceptors (Lipinski definition) is 6. The van der Waals surface area contributed by atoms with Crippen LogP contribution >= 0.6 is 0 Å². The van der Waals surface area contributed by atoms with Crippen molar-refractivity contribution in [2.24, 2.45) is 0 Å². The van der Waals surface area contributed by atoms with Crippen molar-refractivity contribution in [1.82, 2.24) is 10.1 Å². The van der Waals surface area contributed by atoms with Gasteiger partial charge in [0.2, 0.25) is 5.89 Å². The van der Waals surface area contributed by atoms with Crippen LogP contribution in [0.1, 0.15) is 28.9 Å². The van der Waals surface area contributed by atoms with Crippen LogP contribution in [0, 0.1) is 13.8 Å². The topological polar surface area (TPSA) is 78.4 Å². The number of oxazole rings is 1. The molecule has 6 nitrogen and oxygen atoms in total. The average molecular weight is 236 g/mol. The first-order valence-electron chi connectivity index (χ1n) is 5.20. The SMILES string of the molecule is CCOC(=O)c1nc(-c2cc(C)on2)oc1C. The highest BCUT2D eigenvalue weighted by Gasteiger charge is 2.20. The monoisotopic (exact) mass is 236 g/mol. The van der Waals surface area contributed by atoms with Crippen molar-refractivity contribution in [3.05, 3.63) is 23.3 Å². The number of hydrogen-bond donors (Lipinski definition) is 0. The summed E-state index contributed by atoms with van der Waals surface area (Å²) in [5.41, 5.74) is 0.628. The molecule has 2 rings (SSSR count). The zero-order valence-corrected chi connectivity index (χ0v) is 9.81. The van der Waals surface area contributed by atoms with E-state index >= 15 is 0 Å². The maximum absolute atomic E-state index is 11.5. The molecule has 2 aromatic rings. The normalized spacial score (nSPS) is 10.5. The molecule has 0 unspecified atom stereocenters. The van der Waals surface area contributed by atoms with Gasteiger partial charge in [-0.25, -0.2) is 9.78 Å². The van der Waals surface area contributed by atoms with Gasteiger partial charge in [0.15, 0.2) is 11.4 Å². The van der Waals surface area contributed by atoms with Crippen LogP contribution in [-0.4, -0.2) is 22.7 Å². The van der Waals surface area contributed by atoms with Gasteiger partial charge in [-0.15, -0.1) is 0 Å². The Morgan fingerprint density at radius 1 is 1.47 bits per heavy atom. The van der Waals surface area contributed by atoms with Crippen molar-refractivity contribution in [3.8, 4) is 11.6 Å². The summed E-state index contributed by atoms with van der Waals surface area (Å²) in [6.07, 6.45) is 0. The minimum atomic E-state index is -0.500. The van der Waals surface area contributed by atoms with Gasteiger partial charge >= 0.3 is 5.97 Å². The van der Waals surface area contributed by atoms with E-state index in [4.69, 9.17) is 13.7 Å². The summed E-state index contributed by atoms with van der Waals surface area (Å²) in [6.45, 7) is 5.44. The van der Waals surface area contributed by atoms with Crippen LogP contribution in [0.4, 0.5) is 0 Å². The average Bonchev–Trinajstić information content (AvgIpc) is 2.85. The fourth-order valence-corrected chi connectivity index (χ4v) is 1.36. The maximum Gasteiger partial charge on any atom is 0.360 e. The fourth-order valence-electron chi connectivity index (χ4n) is 1.36. The van der Waals surface area contributed by atoms with Crippen molar-refractivity contribution in [2.75, 3.05) is 6.61 Å². The van der Waals surface area contributed by atoms with Crippen molar-refractivity contribution >= 4 is 5.97 Å². The van der Waals surface area contributed by atoms with Gasteiger partial charge in [-0.3, -0.25) is 0 Å². The second-order valence-corrected chi connectivity index (χ2v) is 3.47. The lowest BCUT2D eigenvalue weighted by Crippen LogP contribution is -2.06. The maximum atomic E-state index is 11.5. The largest absolute Gasteiger partial charge is 0.461 e. The van der Waals surface area contributed by atoms with Gasteiger partial charge in [0, 0.05) is 6.07 Å². The summed E-state index contributed by atoms with van der Waals surface area (Å²) in [5.74, 6) is 0.801. The van der Waals surface area contributed by atoms with E-state index in [-0.39, 0.29) is 11.6 Å². The Labute approximate surface area is 97.6 Å². The zero-order valence-electron chi connectivity index (χ0n) is 9.81. The van der Waals surface area contributed by atoms with Gasteiger partial charge in [0.25, 0.3) is 0 Å². The van der Waals surface area contributed by atoms with E-state index in [0.29, 0.717) is 23.8 Å². The molecule has 2 aromatic heterocycles. The van der Waals surface area contributed by atoms with E-state index in [1.807, 2.05) is 0 Å². The molecule has 0 saturated heterocycles. The van der Waals surface area contributed by atoms with Crippen LogP contribution in [0.3, 0.4) is 0 Å². The van der Waals surface area contributed by atoms with Crippen LogP contribution < -0.4 is 0 Å². The lowest BCUT2D eigenvalue weighted by Gasteiger charge is -1.96.